The number of rotatable bonds is 1. The summed E-state index contributed by atoms with van der Waals surface area (Å²) in [4.78, 5) is 0. The van der Waals surface area contributed by atoms with E-state index in [-0.39, 0.29) is 4.75 Å². The molecule has 0 bridgehead atoms. The van der Waals surface area contributed by atoms with Gasteiger partial charge < -0.3 is 0 Å². The highest BCUT2D eigenvalue weighted by Gasteiger charge is 2.26. The fourth-order valence-electron chi connectivity index (χ4n) is 0.196. The monoisotopic (exact) mass is 101 g/mol. The molecule has 0 saturated carbocycles. The highest BCUT2D eigenvalue weighted by Crippen LogP contribution is 2.33. The summed E-state index contributed by atoms with van der Waals surface area (Å²) in [5, 5.41) is 5.22. The van der Waals surface area contributed by atoms with E-state index in [1.807, 2.05) is 0 Å². The van der Waals surface area contributed by atoms with Crippen LogP contribution in [0.1, 0.15) is 6.92 Å². The maximum atomic E-state index is 5.22. The quantitative estimate of drug-likeness (QED) is 0.392. The minimum Gasteiger partial charge on any atom is -0.277 e. The van der Waals surface area contributed by atoms with Crippen molar-refractivity contribution in [3.05, 3.63) is 12.2 Å². The van der Waals surface area contributed by atoms with Crippen LogP contribution in [0.3, 0.4) is 0 Å². The first kappa shape index (κ1) is 4.22. The molecule has 0 aromatic rings. The first-order valence-electron chi connectivity index (χ1n) is 1.85. The lowest BCUT2D eigenvalue weighted by atomic mass is 10.4. The van der Waals surface area contributed by atoms with Crippen molar-refractivity contribution in [3.63, 3.8) is 0 Å². The zero-order valence-corrected chi connectivity index (χ0v) is 4.46. The number of nitrogens with two attached hydrogens (primary N) is 1. The van der Waals surface area contributed by atoms with Gasteiger partial charge in [-0.25, -0.2) is 0 Å². The van der Waals surface area contributed by atoms with Gasteiger partial charge in [0.05, 0.1) is 4.75 Å². The summed E-state index contributed by atoms with van der Waals surface area (Å²) in [6.45, 7) is 2.08. The third kappa shape index (κ3) is 0.581. The molecule has 34 valence electrons. The molecule has 0 saturated heterocycles. The zero-order valence-electron chi connectivity index (χ0n) is 3.64. The van der Waals surface area contributed by atoms with Crippen LogP contribution in [0.5, 0.6) is 0 Å². The Balaban J connectivity index is 2.32. The van der Waals surface area contributed by atoms with Crippen LogP contribution in [0.25, 0.3) is 0 Å². The second-order valence-corrected chi connectivity index (χ2v) is 2.75. The lowest BCUT2D eigenvalue weighted by Gasteiger charge is -1.98. The van der Waals surface area contributed by atoms with Gasteiger partial charge in [-0.3, -0.25) is 5.14 Å². The van der Waals surface area contributed by atoms with Crippen molar-refractivity contribution < 1.29 is 0 Å². The molecular weight excluding hydrogens is 94.1 g/mol. The molecule has 0 aromatic carbocycles. The predicted octanol–water partition coefficient (Wildman–Crippen LogP) is 0.922. The van der Waals surface area contributed by atoms with Crippen LogP contribution in [0, 0.1) is 0 Å². The maximum absolute atomic E-state index is 5.22. The van der Waals surface area contributed by atoms with Crippen molar-refractivity contribution in [2.45, 2.75) is 11.7 Å². The van der Waals surface area contributed by atoms with E-state index < -0.39 is 0 Å². The molecule has 2 N–H and O–H groups in total. The maximum Gasteiger partial charge on any atom is 0.0634 e. The second-order valence-electron chi connectivity index (χ2n) is 1.64. The Bertz CT molecular complexity index is 81.5. The van der Waals surface area contributed by atoms with E-state index in [0.29, 0.717) is 0 Å². The van der Waals surface area contributed by atoms with Crippen molar-refractivity contribution in [2.75, 3.05) is 0 Å². The Hall–Kier alpha value is 0.0500. The summed E-state index contributed by atoms with van der Waals surface area (Å²) in [6.07, 6.45) is 4.16. The summed E-state index contributed by atoms with van der Waals surface area (Å²) in [5.41, 5.74) is 0. The fourth-order valence-corrected chi connectivity index (χ4v) is 0.421. The molecule has 0 heterocycles. The molecule has 6 heavy (non-hydrogen) atoms. The summed E-state index contributed by atoms with van der Waals surface area (Å²) < 4.78 is 0.236. The van der Waals surface area contributed by atoms with E-state index >= 15 is 0 Å². The van der Waals surface area contributed by atoms with E-state index in [4.69, 9.17) is 5.14 Å². The van der Waals surface area contributed by atoms with Gasteiger partial charge in [-0.05, 0) is 6.92 Å². The molecule has 1 nitrogen and oxygen atoms in total. The first-order chi connectivity index (χ1) is 2.77. The van der Waals surface area contributed by atoms with Crippen LogP contribution in [-0.2, 0) is 0 Å². The molecule has 0 aromatic heterocycles. The summed E-state index contributed by atoms with van der Waals surface area (Å²) in [6, 6.07) is 0. The van der Waals surface area contributed by atoms with Crippen molar-refractivity contribution >= 4 is 11.9 Å². The van der Waals surface area contributed by atoms with Gasteiger partial charge in [-0.1, -0.05) is 24.1 Å². The average Bonchev–Trinajstić information content (AvgIpc) is 2.22. The molecule has 1 rings (SSSR count). The minimum atomic E-state index is 0.236. The van der Waals surface area contributed by atoms with Gasteiger partial charge in [0, 0.05) is 0 Å². The molecule has 1 aliphatic rings. The van der Waals surface area contributed by atoms with Crippen molar-refractivity contribution in [2.24, 2.45) is 5.14 Å². The van der Waals surface area contributed by atoms with E-state index in [2.05, 4.69) is 19.1 Å². The molecular formula is C4H7NS. The molecule has 1 aliphatic carbocycles. The normalized spacial score (nSPS) is 24.3. The van der Waals surface area contributed by atoms with Crippen molar-refractivity contribution in [3.8, 4) is 0 Å². The molecule has 0 fully saturated rings. The lowest BCUT2D eigenvalue weighted by molar-refractivity contribution is 1.16. The van der Waals surface area contributed by atoms with Crippen LogP contribution in [0.15, 0.2) is 12.2 Å². The van der Waals surface area contributed by atoms with E-state index in [1.165, 1.54) is 11.9 Å². The first-order valence-corrected chi connectivity index (χ1v) is 2.73. The fraction of sp³-hybridized carbons (Fsp3) is 0.500. The third-order valence-electron chi connectivity index (χ3n) is 0.890. The molecule has 0 unspecified atom stereocenters. The van der Waals surface area contributed by atoms with Crippen LogP contribution < -0.4 is 5.14 Å². The number of hydrogen-bond acceptors (Lipinski definition) is 2. The summed E-state index contributed by atoms with van der Waals surface area (Å²) >= 11 is 1.38. The third-order valence-corrected chi connectivity index (χ3v) is 1.67. The zero-order chi connectivity index (χ0) is 4.62. The van der Waals surface area contributed by atoms with Crippen molar-refractivity contribution in [1.82, 2.24) is 0 Å². The molecule has 2 heteroatoms. The van der Waals surface area contributed by atoms with Crippen LogP contribution in [0.2, 0.25) is 0 Å². The van der Waals surface area contributed by atoms with Gasteiger partial charge in [0.2, 0.25) is 0 Å². The highest BCUT2D eigenvalue weighted by atomic mass is 32.2. The van der Waals surface area contributed by atoms with Crippen LogP contribution in [0.4, 0.5) is 0 Å². The van der Waals surface area contributed by atoms with Gasteiger partial charge in [-0.2, -0.15) is 0 Å². The molecule has 0 amide bonds. The smallest absolute Gasteiger partial charge is 0.0634 e. The summed E-state index contributed by atoms with van der Waals surface area (Å²) in [5.74, 6) is 0. The Labute approximate surface area is 41.7 Å². The van der Waals surface area contributed by atoms with Crippen molar-refractivity contribution in [1.29, 1.82) is 0 Å². The molecule has 0 atom stereocenters. The predicted molar refractivity (Wildman–Crippen MR) is 29.3 cm³/mol. The SMILES string of the molecule is CC1(SN)C=C1. The Morgan fingerprint density at radius 3 is 2.17 bits per heavy atom. The summed E-state index contributed by atoms with van der Waals surface area (Å²) in [7, 11) is 0. The average molecular weight is 101 g/mol. The Morgan fingerprint density at radius 1 is 1.67 bits per heavy atom. The van der Waals surface area contributed by atoms with Gasteiger partial charge in [-0.15, -0.1) is 0 Å². The standard InChI is InChI=1S/C4H7NS/c1-4(6-5)2-3-4/h2-3H,5H2,1H3. The lowest BCUT2D eigenvalue weighted by Crippen LogP contribution is -1.99. The molecule has 0 spiro atoms. The van der Waals surface area contributed by atoms with E-state index in [1.54, 1.807) is 0 Å². The van der Waals surface area contributed by atoms with E-state index in [0.717, 1.165) is 0 Å². The largest absolute Gasteiger partial charge is 0.277 e. The van der Waals surface area contributed by atoms with Gasteiger partial charge in [0.25, 0.3) is 0 Å². The Morgan fingerprint density at radius 2 is 2.17 bits per heavy atom. The van der Waals surface area contributed by atoms with E-state index in [9.17, 15) is 0 Å². The van der Waals surface area contributed by atoms with Gasteiger partial charge in [0.15, 0.2) is 0 Å². The van der Waals surface area contributed by atoms with Crippen LogP contribution >= 0.6 is 11.9 Å². The Kier molecular flexibility index (Phi) is 0.711. The van der Waals surface area contributed by atoms with Gasteiger partial charge >= 0.3 is 0 Å². The molecule has 0 aliphatic heterocycles. The van der Waals surface area contributed by atoms with Crippen LogP contribution in [-0.4, -0.2) is 4.75 Å². The molecule has 0 radical (unpaired) electrons. The minimum absolute atomic E-state index is 0.236. The topological polar surface area (TPSA) is 26.0 Å². The highest BCUT2D eigenvalue weighted by molar-refractivity contribution is 7.99. The number of hydrogen-bond donors (Lipinski definition) is 1. The van der Waals surface area contributed by atoms with Gasteiger partial charge in [0.1, 0.15) is 0 Å². The second kappa shape index (κ2) is 1.01.